The van der Waals surface area contributed by atoms with E-state index in [1.165, 1.54) is 13.2 Å². The summed E-state index contributed by atoms with van der Waals surface area (Å²) in [6, 6.07) is 9.32. The number of rotatable bonds is 6. The van der Waals surface area contributed by atoms with E-state index in [2.05, 4.69) is 10.6 Å². The summed E-state index contributed by atoms with van der Waals surface area (Å²) in [7, 11) is 3.07. The van der Waals surface area contributed by atoms with Gasteiger partial charge in [0.25, 0.3) is 0 Å². The fourth-order valence-electron chi connectivity index (χ4n) is 2.15. The van der Waals surface area contributed by atoms with Gasteiger partial charge < -0.3 is 20.1 Å². The summed E-state index contributed by atoms with van der Waals surface area (Å²) < 4.78 is 24.0. The molecule has 2 aromatic rings. The Morgan fingerprint density at radius 2 is 1.88 bits per heavy atom. The van der Waals surface area contributed by atoms with Gasteiger partial charge in [0.1, 0.15) is 23.4 Å². The maximum absolute atomic E-state index is 13.6. The molecule has 0 aliphatic carbocycles. The quantitative estimate of drug-likeness (QED) is 0.849. The van der Waals surface area contributed by atoms with Crippen LogP contribution < -0.4 is 20.1 Å². The third-order valence-electron chi connectivity index (χ3n) is 3.61. The number of benzene rings is 2. The number of ether oxygens (including phenoxy) is 2. The number of carbonyl (C=O) groups excluding carboxylic acids is 1. The Balaban J connectivity index is 2.09. The molecule has 0 saturated carbocycles. The third-order valence-corrected chi connectivity index (χ3v) is 3.61. The minimum Gasteiger partial charge on any atom is -0.497 e. The monoisotopic (exact) mass is 332 g/mol. The number of halogens is 1. The zero-order chi connectivity index (χ0) is 17.7. The van der Waals surface area contributed by atoms with Crippen LogP contribution in [-0.2, 0) is 4.79 Å². The molecule has 24 heavy (non-hydrogen) atoms. The van der Waals surface area contributed by atoms with Gasteiger partial charge in [-0.2, -0.15) is 0 Å². The first kappa shape index (κ1) is 17.6. The lowest BCUT2D eigenvalue weighted by atomic mass is 10.2. The number of amides is 1. The highest BCUT2D eigenvalue weighted by atomic mass is 19.1. The predicted octanol–water partition coefficient (Wildman–Crippen LogP) is 3.59. The van der Waals surface area contributed by atoms with Crippen molar-refractivity contribution in [2.24, 2.45) is 0 Å². The van der Waals surface area contributed by atoms with Crippen LogP contribution in [0.1, 0.15) is 12.5 Å². The van der Waals surface area contributed by atoms with Gasteiger partial charge in [0.15, 0.2) is 0 Å². The van der Waals surface area contributed by atoms with Gasteiger partial charge in [0, 0.05) is 11.8 Å². The molecule has 5 nitrogen and oxygen atoms in total. The van der Waals surface area contributed by atoms with E-state index in [4.69, 9.17) is 9.47 Å². The van der Waals surface area contributed by atoms with Crippen molar-refractivity contribution in [1.29, 1.82) is 0 Å². The molecular weight excluding hydrogens is 311 g/mol. The van der Waals surface area contributed by atoms with Crippen molar-refractivity contribution >= 4 is 17.3 Å². The average molecular weight is 332 g/mol. The van der Waals surface area contributed by atoms with Crippen molar-refractivity contribution in [1.82, 2.24) is 0 Å². The summed E-state index contributed by atoms with van der Waals surface area (Å²) in [5.74, 6) is 0.537. The molecule has 0 radical (unpaired) electrons. The molecule has 128 valence electrons. The molecule has 0 spiro atoms. The summed E-state index contributed by atoms with van der Waals surface area (Å²) in [6.45, 7) is 3.38. The minimum atomic E-state index is -0.567. The predicted molar refractivity (Wildman–Crippen MR) is 92.4 cm³/mol. The largest absolute Gasteiger partial charge is 0.497 e. The maximum Gasteiger partial charge on any atom is 0.246 e. The molecule has 2 rings (SSSR count). The van der Waals surface area contributed by atoms with Gasteiger partial charge in [-0.1, -0.05) is 6.07 Å². The smallest absolute Gasteiger partial charge is 0.246 e. The number of anilines is 2. The highest BCUT2D eigenvalue weighted by Gasteiger charge is 2.16. The van der Waals surface area contributed by atoms with Gasteiger partial charge in [0.05, 0.1) is 19.9 Å². The molecule has 1 unspecified atom stereocenters. The summed E-state index contributed by atoms with van der Waals surface area (Å²) in [5, 5.41) is 5.75. The van der Waals surface area contributed by atoms with Crippen molar-refractivity contribution in [3.8, 4) is 11.5 Å². The summed E-state index contributed by atoms with van der Waals surface area (Å²) in [4.78, 5) is 12.4. The second-order valence-corrected chi connectivity index (χ2v) is 5.39. The number of aryl methyl sites for hydroxylation is 1. The first-order chi connectivity index (χ1) is 11.4. The standard InChI is InChI=1S/C18H21FN2O3/c1-11-5-6-13(9-15(11)19)20-12(2)18(22)21-16-10-14(23-3)7-8-17(16)24-4/h5-10,12,20H,1-4H3,(H,21,22). The van der Waals surface area contributed by atoms with E-state index in [1.807, 2.05) is 0 Å². The second kappa shape index (κ2) is 7.68. The first-order valence-corrected chi connectivity index (χ1v) is 7.50. The van der Waals surface area contributed by atoms with Crippen LogP contribution in [0.5, 0.6) is 11.5 Å². The molecule has 6 heteroatoms. The molecule has 0 bridgehead atoms. The molecule has 0 saturated heterocycles. The summed E-state index contributed by atoms with van der Waals surface area (Å²) >= 11 is 0. The van der Waals surface area contributed by atoms with E-state index in [0.717, 1.165) is 0 Å². The van der Waals surface area contributed by atoms with Gasteiger partial charge in [-0.25, -0.2) is 4.39 Å². The molecule has 0 fully saturated rings. The topological polar surface area (TPSA) is 59.6 Å². The molecule has 0 aliphatic rings. The van der Waals surface area contributed by atoms with Gasteiger partial charge in [0.2, 0.25) is 5.91 Å². The first-order valence-electron chi connectivity index (χ1n) is 7.50. The SMILES string of the molecule is COc1ccc(OC)c(NC(=O)C(C)Nc2ccc(C)c(F)c2)c1. The van der Waals surface area contributed by atoms with E-state index in [0.29, 0.717) is 28.4 Å². The highest BCUT2D eigenvalue weighted by Crippen LogP contribution is 2.29. The molecule has 1 atom stereocenters. The molecule has 2 N–H and O–H groups in total. The number of carbonyl (C=O) groups is 1. The molecule has 2 aromatic carbocycles. The van der Waals surface area contributed by atoms with Crippen LogP contribution in [0.2, 0.25) is 0 Å². The Bertz CT molecular complexity index is 734. The maximum atomic E-state index is 13.6. The molecular formula is C18H21FN2O3. The number of nitrogens with one attached hydrogen (secondary N) is 2. The van der Waals surface area contributed by atoms with E-state index in [9.17, 15) is 9.18 Å². The van der Waals surface area contributed by atoms with E-state index >= 15 is 0 Å². The van der Waals surface area contributed by atoms with Crippen molar-refractivity contribution in [2.75, 3.05) is 24.9 Å². The highest BCUT2D eigenvalue weighted by molar-refractivity contribution is 5.97. The van der Waals surface area contributed by atoms with E-state index < -0.39 is 6.04 Å². The van der Waals surface area contributed by atoms with Crippen molar-refractivity contribution in [3.63, 3.8) is 0 Å². The Morgan fingerprint density at radius 1 is 1.12 bits per heavy atom. The average Bonchev–Trinajstić information content (AvgIpc) is 2.58. The lowest BCUT2D eigenvalue weighted by molar-refractivity contribution is -0.116. The van der Waals surface area contributed by atoms with Crippen LogP contribution in [0.4, 0.5) is 15.8 Å². The second-order valence-electron chi connectivity index (χ2n) is 5.39. The Labute approximate surface area is 140 Å². The fourth-order valence-corrected chi connectivity index (χ4v) is 2.15. The number of hydrogen-bond acceptors (Lipinski definition) is 4. The zero-order valence-electron chi connectivity index (χ0n) is 14.1. The molecule has 0 aromatic heterocycles. The Morgan fingerprint density at radius 3 is 2.50 bits per heavy atom. The zero-order valence-corrected chi connectivity index (χ0v) is 14.1. The third kappa shape index (κ3) is 4.16. The molecule has 0 heterocycles. The van der Waals surface area contributed by atoms with Crippen LogP contribution in [0.15, 0.2) is 36.4 Å². The number of hydrogen-bond donors (Lipinski definition) is 2. The van der Waals surface area contributed by atoms with Crippen LogP contribution in [0.25, 0.3) is 0 Å². The fraction of sp³-hybridized carbons (Fsp3) is 0.278. The number of methoxy groups -OCH3 is 2. The van der Waals surface area contributed by atoms with Crippen molar-refractivity contribution < 1.29 is 18.7 Å². The summed E-state index contributed by atoms with van der Waals surface area (Å²) in [6.07, 6.45) is 0. The van der Waals surface area contributed by atoms with Gasteiger partial charge in [-0.3, -0.25) is 4.79 Å². The lowest BCUT2D eigenvalue weighted by Crippen LogP contribution is -2.32. The van der Waals surface area contributed by atoms with Crippen LogP contribution in [-0.4, -0.2) is 26.2 Å². The molecule has 1 amide bonds. The Kier molecular flexibility index (Phi) is 5.63. The van der Waals surface area contributed by atoms with E-state index in [-0.39, 0.29) is 11.7 Å². The van der Waals surface area contributed by atoms with Crippen molar-refractivity contribution in [2.45, 2.75) is 19.9 Å². The normalized spacial score (nSPS) is 11.5. The van der Waals surface area contributed by atoms with Gasteiger partial charge in [-0.05, 0) is 43.7 Å². The summed E-state index contributed by atoms with van der Waals surface area (Å²) in [5.41, 5.74) is 1.60. The molecule has 0 aliphatic heterocycles. The van der Waals surface area contributed by atoms with Crippen LogP contribution >= 0.6 is 0 Å². The van der Waals surface area contributed by atoms with Gasteiger partial charge in [-0.15, -0.1) is 0 Å². The van der Waals surface area contributed by atoms with E-state index in [1.54, 1.807) is 51.3 Å². The lowest BCUT2D eigenvalue weighted by Gasteiger charge is -2.17. The minimum absolute atomic E-state index is 0.275. The van der Waals surface area contributed by atoms with Crippen molar-refractivity contribution in [3.05, 3.63) is 47.8 Å². The van der Waals surface area contributed by atoms with Crippen LogP contribution in [0.3, 0.4) is 0 Å². The van der Waals surface area contributed by atoms with Crippen LogP contribution in [0, 0.1) is 12.7 Å². The Hall–Kier alpha value is -2.76. The van der Waals surface area contributed by atoms with Gasteiger partial charge >= 0.3 is 0 Å².